The maximum absolute atomic E-state index is 6.03. The SMILES string of the molecule is CCOC(CC)(CC)C(NN)c1cccc(C)c1. The monoisotopic (exact) mass is 250 g/mol. The molecule has 18 heavy (non-hydrogen) atoms. The highest BCUT2D eigenvalue weighted by Crippen LogP contribution is 2.35. The van der Waals surface area contributed by atoms with Crippen molar-refractivity contribution in [2.45, 2.75) is 52.2 Å². The Bertz CT molecular complexity index is 361. The molecular formula is C15H26N2O. The Morgan fingerprint density at radius 3 is 2.39 bits per heavy atom. The van der Waals surface area contributed by atoms with Crippen molar-refractivity contribution in [2.24, 2.45) is 5.84 Å². The smallest absolute Gasteiger partial charge is 0.0883 e. The highest BCUT2D eigenvalue weighted by Gasteiger charge is 2.36. The molecule has 0 fully saturated rings. The maximum Gasteiger partial charge on any atom is 0.0883 e. The van der Waals surface area contributed by atoms with Crippen LogP contribution in [0.25, 0.3) is 0 Å². The highest BCUT2D eigenvalue weighted by molar-refractivity contribution is 5.27. The predicted molar refractivity (Wildman–Crippen MR) is 76.2 cm³/mol. The van der Waals surface area contributed by atoms with Crippen molar-refractivity contribution >= 4 is 0 Å². The van der Waals surface area contributed by atoms with Gasteiger partial charge in [0.25, 0.3) is 0 Å². The molecule has 1 atom stereocenters. The summed E-state index contributed by atoms with van der Waals surface area (Å²) in [7, 11) is 0. The largest absolute Gasteiger partial charge is 0.373 e. The van der Waals surface area contributed by atoms with Crippen LogP contribution in [0.3, 0.4) is 0 Å². The molecule has 3 heteroatoms. The van der Waals surface area contributed by atoms with E-state index in [4.69, 9.17) is 10.6 Å². The first-order valence-electron chi connectivity index (χ1n) is 6.80. The lowest BCUT2D eigenvalue weighted by molar-refractivity contribution is -0.0734. The van der Waals surface area contributed by atoms with Crippen molar-refractivity contribution in [1.82, 2.24) is 5.43 Å². The molecule has 1 rings (SSSR count). The first-order valence-corrected chi connectivity index (χ1v) is 6.80. The van der Waals surface area contributed by atoms with Crippen LogP contribution < -0.4 is 11.3 Å². The van der Waals surface area contributed by atoms with Crippen LogP contribution in [0.1, 0.15) is 50.8 Å². The number of benzene rings is 1. The molecule has 0 aliphatic heterocycles. The van der Waals surface area contributed by atoms with Crippen LogP contribution in [0, 0.1) is 6.92 Å². The summed E-state index contributed by atoms with van der Waals surface area (Å²) >= 11 is 0. The van der Waals surface area contributed by atoms with Crippen molar-refractivity contribution in [3.63, 3.8) is 0 Å². The molecule has 1 aromatic rings. The Kier molecular flexibility index (Phi) is 5.79. The van der Waals surface area contributed by atoms with Crippen LogP contribution in [-0.4, -0.2) is 12.2 Å². The molecule has 0 aliphatic rings. The van der Waals surface area contributed by atoms with Crippen LogP contribution >= 0.6 is 0 Å². The topological polar surface area (TPSA) is 47.3 Å². The van der Waals surface area contributed by atoms with Gasteiger partial charge in [0.1, 0.15) is 0 Å². The van der Waals surface area contributed by atoms with Gasteiger partial charge in [-0.2, -0.15) is 0 Å². The van der Waals surface area contributed by atoms with Crippen LogP contribution in [0.2, 0.25) is 0 Å². The van der Waals surface area contributed by atoms with Crippen molar-refractivity contribution in [3.8, 4) is 0 Å². The van der Waals surface area contributed by atoms with Crippen LogP contribution in [-0.2, 0) is 4.74 Å². The summed E-state index contributed by atoms with van der Waals surface area (Å²) in [5.41, 5.74) is 5.14. The second-order valence-electron chi connectivity index (χ2n) is 4.72. The first-order chi connectivity index (χ1) is 8.63. The number of nitrogens with two attached hydrogens (primary N) is 1. The van der Waals surface area contributed by atoms with Gasteiger partial charge in [0.15, 0.2) is 0 Å². The van der Waals surface area contributed by atoms with Crippen LogP contribution in [0.15, 0.2) is 24.3 Å². The fraction of sp³-hybridized carbons (Fsp3) is 0.600. The molecule has 102 valence electrons. The second kappa shape index (κ2) is 6.88. The van der Waals surface area contributed by atoms with Crippen molar-refractivity contribution < 1.29 is 4.74 Å². The minimum absolute atomic E-state index is 0.0207. The van der Waals surface area contributed by atoms with Gasteiger partial charge in [0, 0.05) is 6.61 Å². The van der Waals surface area contributed by atoms with Crippen molar-refractivity contribution in [2.75, 3.05) is 6.61 Å². The number of aryl methyl sites for hydroxylation is 1. The highest BCUT2D eigenvalue weighted by atomic mass is 16.5. The number of hydrazine groups is 1. The zero-order valence-corrected chi connectivity index (χ0v) is 12.0. The number of rotatable bonds is 7. The lowest BCUT2D eigenvalue weighted by atomic mass is 9.83. The van der Waals surface area contributed by atoms with Gasteiger partial charge in [0.05, 0.1) is 11.6 Å². The second-order valence-corrected chi connectivity index (χ2v) is 4.72. The van der Waals surface area contributed by atoms with Gasteiger partial charge >= 0.3 is 0 Å². The standard InChI is InChI=1S/C15H26N2O/c1-5-15(6-2,18-7-3)14(17-16)13-10-8-9-12(4)11-13/h8-11,14,17H,5-7,16H2,1-4H3. The number of ether oxygens (including phenoxy) is 1. The maximum atomic E-state index is 6.03. The molecular weight excluding hydrogens is 224 g/mol. The van der Waals surface area contributed by atoms with E-state index in [-0.39, 0.29) is 11.6 Å². The summed E-state index contributed by atoms with van der Waals surface area (Å²) < 4.78 is 6.03. The van der Waals surface area contributed by atoms with E-state index in [2.05, 4.69) is 50.5 Å². The molecule has 0 spiro atoms. The van der Waals surface area contributed by atoms with Crippen molar-refractivity contribution in [3.05, 3.63) is 35.4 Å². The Morgan fingerprint density at radius 2 is 1.94 bits per heavy atom. The van der Waals surface area contributed by atoms with Gasteiger partial charge in [-0.05, 0) is 32.3 Å². The number of nitrogens with one attached hydrogen (secondary N) is 1. The molecule has 1 aromatic carbocycles. The molecule has 0 heterocycles. The van der Waals surface area contributed by atoms with Gasteiger partial charge in [-0.25, -0.2) is 0 Å². The van der Waals surface area contributed by atoms with E-state index in [0.717, 1.165) is 12.8 Å². The normalized spacial score (nSPS) is 13.6. The molecule has 0 amide bonds. The Labute approximate surface area is 111 Å². The summed E-state index contributed by atoms with van der Waals surface area (Å²) in [5.74, 6) is 5.79. The zero-order valence-electron chi connectivity index (χ0n) is 12.0. The van der Waals surface area contributed by atoms with Gasteiger partial charge < -0.3 is 4.74 Å². The van der Waals surface area contributed by atoms with Crippen LogP contribution in [0.5, 0.6) is 0 Å². The fourth-order valence-corrected chi connectivity index (χ4v) is 2.63. The van der Waals surface area contributed by atoms with Gasteiger partial charge in [-0.1, -0.05) is 43.7 Å². The van der Waals surface area contributed by atoms with E-state index in [1.165, 1.54) is 11.1 Å². The molecule has 0 radical (unpaired) electrons. The molecule has 0 aromatic heterocycles. The van der Waals surface area contributed by atoms with E-state index >= 15 is 0 Å². The van der Waals surface area contributed by atoms with E-state index in [0.29, 0.717) is 6.61 Å². The predicted octanol–water partition coefficient (Wildman–Crippen LogP) is 3.09. The van der Waals surface area contributed by atoms with Gasteiger partial charge in [-0.3, -0.25) is 11.3 Å². The Balaban J connectivity index is 3.13. The van der Waals surface area contributed by atoms with E-state index in [9.17, 15) is 0 Å². The molecule has 0 saturated heterocycles. The first kappa shape index (κ1) is 15.2. The zero-order chi connectivity index (χ0) is 13.6. The third-order valence-electron chi connectivity index (χ3n) is 3.70. The number of hydrogen-bond acceptors (Lipinski definition) is 3. The molecule has 0 aliphatic carbocycles. The Morgan fingerprint density at radius 1 is 1.28 bits per heavy atom. The minimum Gasteiger partial charge on any atom is -0.373 e. The molecule has 0 bridgehead atoms. The third kappa shape index (κ3) is 3.10. The van der Waals surface area contributed by atoms with Crippen molar-refractivity contribution in [1.29, 1.82) is 0 Å². The minimum atomic E-state index is -0.239. The van der Waals surface area contributed by atoms with E-state index in [1.54, 1.807) is 0 Å². The summed E-state index contributed by atoms with van der Waals surface area (Å²) in [6.45, 7) is 9.13. The third-order valence-corrected chi connectivity index (χ3v) is 3.70. The average Bonchev–Trinajstić information content (AvgIpc) is 2.38. The van der Waals surface area contributed by atoms with Crippen LogP contribution in [0.4, 0.5) is 0 Å². The summed E-state index contributed by atoms with van der Waals surface area (Å²) in [5, 5.41) is 0. The Hall–Kier alpha value is -0.900. The van der Waals surface area contributed by atoms with E-state index in [1.807, 2.05) is 6.92 Å². The quantitative estimate of drug-likeness (QED) is 0.577. The molecule has 0 saturated carbocycles. The summed E-state index contributed by atoms with van der Waals surface area (Å²) in [6.07, 6.45) is 1.86. The lowest BCUT2D eigenvalue weighted by Gasteiger charge is -2.39. The number of hydrogen-bond donors (Lipinski definition) is 2. The summed E-state index contributed by atoms with van der Waals surface area (Å²) in [6, 6.07) is 8.46. The molecule has 3 N–H and O–H groups in total. The molecule has 3 nitrogen and oxygen atoms in total. The van der Waals surface area contributed by atoms with E-state index < -0.39 is 0 Å². The fourth-order valence-electron chi connectivity index (χ4n) is 2.63. The van der Waals surface area contributed by atoms with Gasteiger partial charge in [-0.15, -0.1) is 0 Å². The van der Waals surface area contributed by atoms with Gasteiger partial charge in [0.2, 0.25) is 0 Å². The average molecular weight is 250 g/mol. The lowest BCUT2D eigenvalue weighted by Crippen LogP contribution is -2.48. The molecule has 1 unspecified atom stereocenters. The summed E-state index contributed by atoms with van der Waals surface area (Å²) in [4.78, 5) is 0.